The van der Waals surface area contributed by atoms with Crippen molar-refractivity contribution >= 4 is 17.2 Å². The van der Waals surface area contributed by atoms with Gasteiger partial charge in [-0.15, -0.1) is 11.3 Å². The van der Waals surface area contributed by atoms with E-state index in [1.54, 1.807) is 0 Å². The molecule has 0 aliphatic rings. The van der Waals surface area contributed by atoms with E-state index in [1.165, 1.54) is 11.3 Å². The molecule has 0 bridgehead atoms. The Bertz CT molecular complexity index is 539. The molecule has 2 rings (SSSR count). The van der Waals surface area contributed by atoms with Crippen molar-refractivity contribution in [3.8, 4) is 0 Å². The average molecular weight is 303 g/mol. The molecule has 0 spiro atoms. The number of benzene rings is 1. The highest BCUT2D eigenvalue weighted by molar-refractivity contribution is 7.10. The van der Waals surface area contributed by atoms with E-state index in [-0.39, 0.29) is 11.8 Å². The fourth-order valence-corrected chi connectivity index (χ4v) is 3.08. The molecular weight excluding hydrogens is 282 g/mol. The zero-order valence-corrected chi connectivity index (χ0v) is 13.0. The van der Waals surface area contributed by atoms with Crippen LogP contribution < -0.4 is 5.32 Å². The van der Waals surface area contributed by atoms with Crippen LogP contribution in [0.3, 0.4) is 0 Å². The molecule has 0 saturated heterocycles. The highest BCUT2D eigenvalue weighted by atomic mass is 32.1. The molecule has 21 heavy (non-hydrogen) atoms. The lowest BCUT2D eigenvalue weighted by Gasteiger charge is -2.16. The van der Waals surface area contributed by atoms with Crippen molar-refractivity contribution < 1.29 is 9.90 Å². The quantitative estimate of drug-likeness (QED) is 0.822. The number of aliphatic hydroxyl groups is 1. The summed E-state index contributed by atoms with van der Waals surface area (Å²) in [7, 11) is 0. The average Bonchev–Trinajstić information content (AvgIpc) is 3.03. The summed E-state index contributed by atoms with van der Waals surface area (Å²) in [6.07, 6.45) is 0.808. The molecule has 112 valence electrons. The van der Waals surface area contributed by atoms with Crippen molar-refractivity contribution in [1.29, 1.82) is 0 Å². The molecule has 1 aromatic heterocycles. The number of hydrogen-bond donors (Lipinski definition) is 2. The molecule has 1 heterocycles. The summed E-state index contributed by atoms with van der Waals surface area (Å²) >= 11 is 1.53. The molecular formula is C17H21NO2S. The second kappa shape index (κ2) is 7.96. The van der Waals surface area contributed by atoms with Crippen LogP contribution in [0.15, 0.2) is 47.8 Å². The largest absolute Gasteiger partial charge is 0.388 e. The molecule has 2 N–H and O–H groups in total. The zero-order valence-electron chi connectivity index (χ0n) is 12.2. The topological polar surface area (TPSA) is 49.3 Å². The van der Waals surface area contributed by atoms with Gasteiger partial charge in [0.2, 0.25) is 5.91 Å². The zero-order chi connectivity index (χ0) is 15.1. The Kier molecular flexibility index (Phi) is 5.96. The molecule has 0 radical (unpaired) electrons. The first-order chi connectivity index (χ1) is 10.2. The normalized spacial score (nSPS) is 13.6. The highest BCUT2D eigenvalue weighted by Gasteiger charge is 2.18. The van der Waals surface area contributed by atoms with Crippen LogP contribution in [0.5, 0.6) is 0 Å². The Balaban J connectivity index is 1.83. The maximum Gasteiger partial charge on any atom is 0.227 e. The van der Waals surface area contributed by atoms with Gasteiger partial charge in [-0.3, -0.25) is 4.79 Å². The van der Waals surface area contributed by atoms with E-state index in [4.69, 9.17) is 0 Å². The summed E-state index contributed by atoms with van der Waals surface area (Å²) in [5.41, 5.74) is 1.04. The highest BCUT2D eigenvalue weighted by Crippen LogP contribution is 2.22. The van der Waals surface area contributed by atoms with Crippen molar-refractivity contribution in [3.63, 3.8) is 0 Å². The molecule has 2 aromatic rings. The molecule has 0 aliphatic heterocycles. The molecule has 0 aliphatic carbocycles. The van der Waals surface area contributed by atoms with Crippen molar-refractivity contribution in [2.24, 2.45) is 0 Å². The molecule has 1 amide bonds. The monoisotopic (exact) mass is 303 g/mol. The van der Waals surface area contributed by atoms with Crippen molar-refractivity contribution in [1.82, 2.24) is 5.32 Å². The fraction of sp³-hybridized carbons (Fsp3) is 0.353. The van der Waals surface area contributed by atoms with Crippen LogP contribution in [-0.4, -0.2) is 17.6 Å². The summed E-state index contributed by atoms with van der Waals surface area (Å²) in [6, 6.07) is 13.6. The fourth-order valence-electron chi connectivity index (χ4n) is 2.34. The van der Waals surface area contributed by atoms with Gasteiger partial charge in [0.25, 0.3) is 0 Å². The van der Waals surface area contributed by atoms with E-state index in [9.17, 15) is 9.90 Å². The smallest absolute Gasteiger partial charge is 0.227 e. The van der Waals surface area contributed by atoms with Gasteiger partial charge in [-0.25, -0.2) is 0 Å². The number of amides is 1. The predicted molar refractivity (Wildman–Crippen MR) is 86.4 cm³/mol. The van der Waals surface area contributed by atoms with E-state index in [1.807, 2.05) is 54.8 Å². The maximum absolute atomic E-state index is 12.3. The van der Waals surface area contributed by atoms with Gasteiger partial charge in [-0.05, 0) is 29.9 Å². The number of carbonyl (C=O) groups is 1. The first-order valence-corrected chi connectivity index (χ1v) is 8.14. The van der Waals surface area contributed by atoms with Crippen LogP contribution in [0.1, 0.15) is 42.2 Å². The number of hydrogen-bond acceptors (Lipinski definition) is 3. The Labute approximate surface area is 129 Å². The van der Waals surface area contributed by atoms with E-state index in [0.717, 1.165) is 16.9 Å². The standard InChI is InChI=1S/C17H21NO2S/c1-2-14(13-7-4-3-5-8-13)17(20)18-11-10-15(19)16-9-6-12-21-16/h3-9,12,14-15,19H,2,10-11H2,1H3,(H,18,20). The molecule has 3 nitrogen and oxygen atoms in total. The number of thiophene rings is 1. The number of carbonyl (C=O) groups excluding carboxylic acids is 1. The van der Waals surface area contributed by atoms with Crippen LogP contribution in [0.4, 0.5) is 0 Å². The first-order valence-electron chi connectivity index (χ1n) is 7.26. The summed E-state index contributed by atoms with van der Waals surface area (Å²) in [5.74, 6) is -0.0906. The van der Waals surface area contributed by atoms with Gasteiger partial charge in [0.15, 0.2) is 0 Å². The number of rotatable bonds is 7. The molecule has 2 atom stereocenters. The number of aliphatic hydroxyl groups excluding tert-OH is 1. The lowest BCUT2D eigenvalue weighted by atomic mass is 9.95. The van der Waals surface area contributed by atoms with Gasteiger partial charge in [0.05, 0.1) is 12.0 Å². The van der Waals surface area contributed by atoms with Gasteiger partial charge in [-0.1, -0.05) is 43.3 Å². The lowest BCUT2D eigenvalue weighted by Crippen LogP contribution is -2.30. The minimum absolute atomic E-state index is 0.0297. The van der Waals surface area contributed by atoms with Gasteiger partial charge >= 0.3 is 0 Å². The second-order valence-electron chi connectivity index (χ2n) is 4.98. The van der Waals surface area contributed by atoms with Crippen LogP contribution in [-0.2, 0) is 4.79 Å². The van der Waals surface area contributed by atoms with Crippen LogP contribution in [0, 0.1) is 0 Å². The summed E-state index contributed by atoms with van der Waals surface area (Å²) < 4.78 is 0. The van der Waals surface area contributed by atoms with Crippen LogP contribution in [0.2, 0.25) is 0 Å². The van der Waals surface area contributed by atoms with Crippen LogP contribution in [0.25, 0.3) is 0 Å². The Morgan fingerprint density at radius 1 is 1.24 bits per heavy atom. The third kappa shape index (κ3) is 4.41. The third-order valence-corrected chi connectivity index (χ3v) is 4.49. The molecule has 0 fully saturated rings. The van der Waals surface area contributed by atoms with E-state index >= 15 is 0 Å². The van der Waals surface area contributed by atoms with Crippen molar-refractivity contribution in [2.75, 3.05) is 6.54 Å². The van der Waals surface area contributed by atoms with Gasteiger partial charge in [0.1, 0.15) is 0 Å². The molecule has 0 saturated carbocycles. The molecule has 4 heteroatoms. The maximum atomic E-state index is 12.3. The molecule has 2 unspecified atom stereocenters. The summed E-state index contributed by atoms with van der Waals surface area (Å²) in [4.78, 5) is 13.2. The lowest BCUT2D eigenvalue weighted by molar-refractivity contribution is -0.122. The van der Waals surface area contributed by atoms with Crippen LogP contribution >= 0.6 is 11.3 Å². The Morgan fingerprint density at radius 3 is 2.62 bits per heavy atom. The number of nitrogens with one attached hydrogen (secondary N) is 1. The minimum Gasteiger partial charge on any atom is -0.388 e. The Hall–Kier alpha value is -1.65. The predicted octanol–water partition coefficient (Wildman–Crippen LogP) is 3.48. The van der Waals surface area contributed by atoms with Gasteiger partial charge in [0, 0.05) is 11.4 Å². The Morgan fingerprint density at radius 2 is 2.00 bits per heavy atom. The van der Waals surface area contributed by atoms with E-state index in [2.05, 4.69) is 5.32 Å². The first kappa shape index (κ1) is 15.7. The summed E-state index contributed by atoms with van der Waals surface area (Å²) in [6.45, 7) is 2.50. The SMILES string of the molecule is CCC(C(=O)NCCC(O)c1cccs1)c1ccccc1. The summed E-state index contributed by atoms with van der Waals surface area (Å²) in [5, 5.41) is 14.9. The van der Waals surface area contributed by atoms with Crippen molar-refractivity contribution in [3.05, 3.63) is 58.3 Å². The van der Waals surface area contributed by atoms with E-state index in [0.29, 0.717) is 13.0 Å². The third-order valence-electron chi connectivity index (χ3n) is 3.52. The van der Waals surface area contributed by atoms with Gasteiger partial charge in [-0.2, -0.15) is 0 Å². The van der Waals surface area contributed by atoms with Gasteiger partial charge < -0.3 is 10.4 Å². The van der Waals surface area contributed by atoms with Crippen molar-refractivity contribution in [2.45, 2.75) is 31.8 Å². The van der Waals surface area contributed by atoms with E-state index < -0.39 is 6.10 Å². The second-order valence-corrected chi connectivity index (χ2v) is 5.96. The minimum atomic E-state index is -0.498. The molecule has 1 aromatic carbocycles.